The Kier molecular flexibility index (Phi) is 6.89. The van der Waals surface area contributed by atoms with Crippen molar-refractivity contribution in [2.45, 2.75) is 38.0 Å². The fourth-order valence-corrected chi connectivity index (χ4v) is 4.93. The van der Waals surface area contributed by atoms with Gasteiger partial charge in [0.2, 0.25) is 10.0 Å². The van der Waals surface area contributed by atoms with E-state index in [2.05, 4.69) is 5.32 Å². The molecule has 1 fully saturated rings. The number of sulfonamides is 1. The van der Waals surface area contributed by atoms with Gasteiger partial charge in [-0.1, -0.05) is 24.6 Å². The van der Waals surface area contributed by atoms with Gasteiger partial charge in [-0.25, -0.2) is 13.2 Å². The summed E-state index contributed by atoms with van der Waals surface area (Å²) in [6.45, 7) is 4.26. The molecule has 1 amide bonds. The standard InChI is InChI=1S/C22H26N2O5S/c1-16-8-6-11-20(17(16)2)22(26)29-15-21(25)23-18-9-7-10-19(14-18)30(27,28)24-12-4-3-5-13-24/h6-11,14H,3-5,12-13,15H2,1-2H3,(H,23,25). The molecule has 1 N–H and O–H groups in total. The quantitative estimate of drug-likeness (QED) is 0.710. The van der Waals surface area contributed by atoms with Crippen LogP contribution in [0.3, 0.4) is 0 Å². The van der Waals surface area contributed by atoms with Gasteiger partial charge >= 0.3 is 5.97 Å². The van der Waals surface area contributed by atoms with Crippen LogP contribution in [0.2, 0.25) is 0 Å². The molecule has 0 radical (unpaired) electrons. The first-order chi connectivity index (χ1) is 14.3. The molecule has 2 aromatic rings. The summed E-state index contributed by atoms with van der Waals surface area (Å²) < 4.78 is 32.2. The van der Waals surface area contributed by atoms with Gasteiger partial charge in [-0.3, -0.25) is 4.79 Å². The molecule has 0 spiro atoms. The Labute approximate surface area is 177 Å². The summed E-state index contributed by atoms with van der Waals surface area (Å²) in [6.07, 6.45) is 2.73. The van der Waals surface area contributed by atoms with Crippen molar-refractivity contribution in [2.24, 2.45) is 0 Å². The Morgan fingerprint density at radius 2 is 1.73 bits per heavy atom. The third-order valence-electron chi connectivity index (χ3n) is 5.23. The maximum absolute atomic E-state index is 12.8. The van der Waals surface area contributed by atoms with Gasteiger partial charge in [0.15, 0.2) is 6.61 Å². The molecule has 1 heterocycles. The van der Waals surface area contributed by atoms with Gasteiger partial charge in [0.1, 0.15) is 0 Å². The molecule has 1 aliphatic heterocycles. The number of esters is 1. The second-order valence-electron chi connectivity index (χ2n) is 7.36. The maximum atomic E-state index is 12.8. The van der Waals surface area contributed by atoms with Crippen LogP contribution in [0.15, 0.2) is 47.4 Å². The van der Waals surface area contributed by atoms with Gasteiger partial charge in [0.05, 0.1) is 10.5 Å². The molecule has 0 bridgehead atoms. The van der Waals surface area contributed by atoms with Gasteiger partial charge < -0.3 is 10.1 Å². The first-order valence-corrected chi connectivity index (χ1v) is 11.4. The van der Waals surface area contributed by atoms with E-state index in [1.54, 1.807) is 24.3 Å². The smallest absolute Gasteiger partial charge is 0.338 e. The van der Waals surface area contributed by atoms with Crippen LogP contribution in [0.5, 0.6) is 0 Å². The minimum absolute atomic E-state index is 0.134. The Bertz CT molecular complexity index is 1040. The molecule has 0 unspecified atom stereocenters. The SMILES string of the molecule is Cc1cccc(C(=O)OCC(=O)Nc2cccc(S(=O)(=O)N3CCCCC3)c2)c1C. The number of amides is 1. The Morgan fingerprint density at radius 1 is 1.03 bits per heavy atom. The van der Waals surface area contributed by atoms with E-state index in [9.17, 15) is 18.0 Å². The van der Waals surface area contributed by atoms with Gasteiger partial charge in [-0.05, 0) is 62.1 Å². The highest BCUT2D eigenvalue weighted by atomic mass is 32.2. The normalized spacial score (nSPS) is 14.9. The molecule has 3 rings (SSSR count). The van der Waals surface area contributed by atoms with Crippen molar-refractivity contribution in [3.8, 4) is 0 Å². The minimum atomic E-state index is -3.59. The number of hydrogen-bond donors (Lipinski definition) is 1. The number of nitrogens with zero attached hydrogens (tertiary/aromatic N) is 1. The lowest BCUT2D eigenvalue weighted by Gasteiger charge is -2.26. The predicted octanol–water partition coefficient (Wildman–Crippen LogP) is 3.27. The predicted molar refractivity (Wildman–Crippen MR) is 114 cm³/mol. The number of carbonyl (C=O) groups excluding carboxylic acids is 2. The van der Waals surface area contributed by atoms with E-state index in [1.165, 1.54) is 16.4 Å². The molecule has 0 aliphatic carbocycles. The van der Waals surface area contributed by atoms with Gasteiger partial charge in [-0.2, -0.15) is 4.31 Å². The summed E-state index contributed by atoms with van der Waals surface area (Å²) in [4.78, 5) is 24.6. The Balaban J connectivity index is 1.62. The summed E-state index contributed by atoms with van der Waals surface area (Å²) in [5.41, 5.74) is 2.51. The van der Waals surface area contributed by atoms with Crippen LogP contribution in [0, 0.1) is 13.8 Å². The third-order valence-corrected chi connectivity index (χ3v) is 7.12. The maximum Gasteiger partial charge on any atom is 0.338 e. The first kappa shape index (κ1) is 22.0. The molecule has 0 aromatic heterocycles. The van der Waals surface area contributed by atoms with Crippen LogP contribution in [0.1, 0.15) is 40.7 Å². The van der Waals surface area contributed by atoms with E-state index in [4.69, 9.17) is 4.74 Å². The van der Waals surface area contributed by atoms with Crippen molar-refractivity contribution < 1.29 is 22.7 Å². The lowest BCUT2D eigenvalue weighted by Crippen LogP contribution is -2.35. The van der Waals surface area contributed by atoms with Crippen LogP contribution in [-0.2, 0) is 19.6 Å². The monoisotopic (exact) mass is 430 g/mol. The second-order valence-corrected chi connectivity index (χ2v) is 9.30. The van der Waals surface area contributed by atoms with E-state index in [1.807, 2.05) is 19.9 Å². The summed E-state index contributed by atoms with van der Waals surface area (Å²) in [7, 11) is -3.59. The number of anilines is 1. The molecule has 1 saturated heterocycles. The highest BCUT2D eigenvalue weighted by Crippen LogP contribution is 2.23. The van der Waals surface area contributed by atoms with Gasteiger partial charge in [-0.15, -0.1) is 0 Å². The molecule has 1 aliphatic rings. The molecule has 2 aromatic carbocycles. The van der Waals surface area contributed by atoms with E-state index in [0.717, 1.165) is 30.4 Å². The number of aryl methyl sites for hydroxylation is 1. The van der Waals surface area contributed by atoms with Gasteiger partial charge in [0.25, 0.3) is 5.91 Å². The molecule has 160 valence electrons. The zero-order chi connectivity index (χ0) is 21.7. The minimum Gasteiger partial charge on any atom is -0.452 e. The van der Waals surface area contributed by atoms with Crippen molar-refractivity contribution in [1.82, 2.24) is 4.31 Å². The van der Waals surface area contributed by atoms with Crippen molar-refractivity contribution in [3.63, 3.8) is 0 Å². The topological polar surface area (TPSA) is 92.8 Å². The number of piperidine rings is 1. The highest BCUT2D eigenvalue weighted by molar-refractivity contribution is 7.89. The molecular formula is C22H26N2O5S. The molecule has 8 heteroatoms. The highest BCUT2D eigenvalue weighted by Gasteiger charge is 2.26. The zero-order valence-corrected chi connectivity index (χ0v) is 18.0. The van der Waals surface area contributed by atoms with E-state index in [0.29, 0.717) is 24.3 Å². The summed E-state index contributed by atoms with van der Waals surface area (Å²) in [5.74, 6) is -1.12. The lowest BCUT2D eigenvalue weighted by atomic mass is 10.0. The fourth-order valence-electron chi connectivity index (χ4n) is 3.37. The molecule has 30 heavy (non-hydrogen) atoms. The summed E-state index contributed by atoms with van der Waals surface area (Å²) >= 11 is 0. The van der Waals surface area contributed by atoms with Gasteiger partial charge in [0, 0.05) is 18.8 Å². The second kappa shape index (κ2) is 9.40. The molecule has 0 saturated carbocycles. The average Bonchev–Trinajstić information content (AvgIpc) is 2.75. The number of carbonyl (C=O) groups is 2. The van der Waals surface area contributed by atoms with Crippen LogP contribution in [0.4, 0.5) is 5.69 Å². The van der Waals surface area contributed by atoms with Crippen molar-refractivity contribution in [1.29, 1.82) is 0 Å². The summed E-state index contributed by atoms with van der Waals surface area (Å²) in [6, 6.07) is 11.4. The fraction of sp³-hybridized carbons (Fsp3) is 0.364. The number of rotatable bonds is 6. The van der Waals surface area contributed by atoms with Crippen molar-refractivity contribution in [3.05, 3.63) is 59.2 Å². The van der Waals surface area contributed by atoms with Crippen LogP contribution >= 0.6 is 0 Å². The van der Waals surface area contributed by atoms with Crippen LogP contribution in [-0.4, -0.2) is 44.3 Å². The van der Waals surface area contributed by atoms with E-state index >= 15 is 0 Å². The van der Waals surface area contributed by atoms with E-state index in [-0.39, 0.29) is 4.90 Å². The molecular weight excluding hydrogens is 404 g/mol. The molecule has 0 atom stereocenters. The Morgan fingerprint density at radius 3 is 2.47 bits per heavy atom. The number of nitrogens with one attached hydrogen (secondary N) is 1. The largest absolute Gasteiger partial charge is 0.452 e. The first-order valence-electron chi connectivity index (χ1n) is 9.92. The Hall–Kier alpha value is -2.71. The third kappa shape index (κ3) is 5.06. The van der Waals surface area contributed by atoms with Crippen LogP contribution in [0.25, 0.3) is 0 Å². The lowest BCUT2D eigenvalue weighted by molar-refractivity contribution is -0.119. The zero-order valence-electron chi connectivity index (χ0n) is 17.2. The van der Waals surface area contributed by atoms with Crippen LogP contribution < -0.4 is 5.32 Å². The number of ether oxygens (including phenoxy) is 1. The average molecular weight is 431 g/mol. The molecule has 7 nitrogen and oxygen atoms in total. The number of benzene rings is 2. The number of hydrogen-bond acceptors (Lipinski definition) is 5. The van der Waals surface area contributed by atoms with Crippen molar-refractivity contribution in [2.75, 3.05) is 25.0 Å². The van der Waals surface area contributed by atoms with E-state index < -0.39 is 28.5 Å². The van der Waals surface area contributed by atoms with Crippen molar-refractivity contribution >= 4 is 27.6 Å². The summed E-state index contributed by atoms with van der Waals surface area (Å²) in [5, 5.41) is 2.59.